The molecule has 1 aliphatic heterocycles. The maximum atomic E-state index is 12.7. The molecule has 5 nitrogen and oxygen atoms in total. The van der Waals surface area contributed by atoms with E-state index in [1.165, 1.54) is 11.1 Å². The molecule has 30 heavy (non-hydrogen) atoms. The predicted octanol–water partition coefficient (Wildman–Crippen LogP) is 5.08. The van der Waals surface area contributed by atoms with E-state index >= 15 is 0 Å². The first-order chi connectivity index (χ1) is 14.5. The molecule has 0 radical (unpaired) electrons. The number of Topliss-reactive ketones (excluding diaryl/α,β-unsaturated/α-hetero) is 1. The first-order valence-corrected chi connectivity index (χ1v) is 11.1. The Kier molecular flexibility index (Phi) is 4.74. The molecule has 1 N–H and O–H groups in total. The number of carbonyl (C=O) groups excluding carboxylic acids is 1. The minimum absolute atomic E-state index is 0.0962. The number of nitrogens with zero attached hydrogens (tertiary/aromatic N) is 3. The normalized spacial score (nSPS) is 19.6. The Bertz CT molecular complexity index is 1070. The SMILES string of the molecule is CC1(C)C=C2Nc3nc(SC(c4ccccc4)c4ccccc4)nn3C[C@@H]2C(=O)C1. The molecule has 0 spiro atoms. The Hall–Kier alpha value is -2.86. The lowest BCUT2D eigenvalue weighted by Gasteiger charge is -2.35. The fourth-order valence-corrected chi connectivity index (χ4v) is 5.31. The monoisotopic (exact) mass is 416 g/mol. The van der Waals surface area contributed by atoms with E-state index in [4.69, 9.17) is 10.1 Å². The predicted molar refractivity (Wildman–Crippen MR) is 119 cm³/mol. The maximum absolute atomic E-state index is 12.7. The van der Waals surface area contributed by atoms with Crippen LogP contribution in [0.15, 0.2) is 77.6 Å². The second-order valence-corrected chi connectivity index (χ2v) is 9.70. The summed E-state index contributed by atoms with van der Waals surface area (Å²) < 4.78 is 1.84. The van der Waals surface area contributed by atoms with Crippen LogP contribution in [0.1, 0.15) is 36.6 Å². The fourth-order valence-electron chi connectivity index (χ4n) is 4.22. The third-order valence-electron chi connectivity index (χ3n) is 5.63. The summed E-state index contributed by atoms with van der Waals surface area (Å²) in [4.78, 5) is 17.4. The van der Waals surface area contributed by atoms with Gasteiger partial charge in [-0.1, -0.05) is 92.3 Å². The van der Waals surface area contributed by atoms with E-state index in [1.54, 1.807) is 11.8 Å². The lowest BCUT2D eigenvalue weighted by atomic mass is 9.75. The lowest BCUT2D eigenvalue weighted by Crippen LogP contribution is -2.38. The molecule has 6 heteroatoms. The number of rotatable bonds is 4. The zero-order valence-corrected chi connectivity index (χ0v) is 17.9. The molecular weight excluding hydrogens is 392 g/mol. The topological polar surface area (TPSA) is 59.8 Å². The molecule has 3 aromatic rings. The van der Waals surface area contributed by atoms with E-state index in [2.05, 4.69) is 73.8 Å². The molecular formula is C24H24N4OS. The van der Waals surface area contributed by atoms with Crippen LogP contribution in [0.4, 0.5) is 5.95 Å². The number of carbonyl (C=O) groups is 1. The van der Waals surface area contributed by atoms with Crippen molar-refractivity contribution in [1.82, 2.24) is 14.8 Å². The van der Waals surface area contributed by atoms with Crippen molar-refractivity contribution in [2.24, 2.45) is 11.3 Å². The minimum Gasteiger partial charge on any atom is -0.328 e. The number of allylic oxidation sites excluding steroid dienone is 2. The Morgan fingerprint density at radius 2 is 1.70 bits per heavy atom. The number of ketones is 1. The van der Waals surface area contributed by atoms with E-state index in [-0.39, 0.29) is 22.4 Å². The molecule has 1 atom stereocenters. The van der Waals surface area contributed by atoms with Gasteiger partial charge in [-0.15, -0.1) is 5.10 Å². The molecule has 0 bridgehead atoms. The zero-order chi connectivity index (χ0) is 20.7. The summed E-state index contributed by atoms with van der Waals surface area (Å²) in [7, 11) is 0. The number of hydrogen-bond acceptors (Lipinski definition) is 5. The van der Waals surface area contributed by atoms with Crippen molar-refractivity contribution >= 4 is 23.5 Å². The van der Waals surface area contributed by atoms with Gasteiger partial charge in [0.15, 0.2) is 0 Å². The van der Waals surface area contributed by atoms with Gasteiger partial charge in [0.1, 0.15) is 5.78 Å². The van der Waals surface area contributed by atoms with Crippen molar-refractivity contribution in [3.05, 3.63) is 83.6 Å². The Morgan fingerprint density at radius 1 is 1.07 bits per heavy atom. The molecule has 0 fully saturated rings. The second-order valence-electron chi connectivity index (χ2n) is 8.63. The van der Waals surface area contributed by atoms with Crippen molar-refractivity contribution in [3.63, 3.8) is 0 Å². The molecule has 2 aliphatic rings. The summed E-state index contributed by atoms with van der Waals surface area (Å²) in [5, 5.41) is 8.91. The minimum atomic E-state index is -0.149. The van der Waals surface area contributed by atoms with E-state index in [0.717, 1.165) is 5.70 Å². The molecule has 0 saturated carbocycles. The summed E-state index contributed by atoms with van der Waals surface area (Å²) in [5.74, 6) is 0.835. The van der Waals surface area contributed by atoms with Gasteiger partial charge in [-0.2, -0.15) is 4.98 Å². The van der Waals surface area contributed by atoms with Crippen molar-refractivity contribution in [2.45, 2.75) is 37.2 Å². The van der Waals surface area contributed by atoms with Crippen LogP contribution in [-0.4, -0.2) is 20.5 Å². The van der Waals surface area contributed by atoms with Crippen LogP contribution in [0.2, 0.25) is 0 Å². The van der Waals surface area contributed by atoms with Crippen molar-refractivity contribution in [2.75, 3.05) is 5.32 Å². The number of fused-ring (bicyclic) bond motifs is 2. The average molecular weight is 417 g/mol. The van der Waals surface area contributed by atoms with E-state index < -0.39 is 0 Å². The van der Waals surface area contributed by atoms with E-state index in [0.29, 0.717) is 24.1 Å². The molecule has 1 aromatic heterocycles. The Morgan fingerprint density at radius 3 is 2.33 bits per heavy atom. The third kappa shape index (κ3) is 3.67. The summed E-state index contributed by atoms with van der Waals surface area (Å²) in [5.41, 5.74) is 3.27. The standard InChI is InChI=1S/C24H24N4OS/c1-24(2)13-19-18(20(29)14-24)15-28-22(25-19)26-23(27-28)30-21(16-9-5-3-6-10-16)17-11-7-4-8-12-17/h3-13,18,21H,14-15H2,1-2H3,(H,25,26,27)/t18-/m0/s1. The van der Waals surface area contributed by atoms with Crippen LogP contribution < -0.4 is 5.32 Å². The van der Waals surface area contributed by atoms with Gasteiger partial charge in [-0.25, -0.2) is 4.68 Å². The first kappa shape index (κ1) is 19.1. The molecule has 0 unspecified atom stereocenters. The Balaban J connectivity index is 1.46. The van der Waals surface area contributed by atoms with E-state index in [1.807, 2.05) is 16.8 Å². The smallest absolute Gasteiger partial charge is 0.226 e. The van der Waals surface area contributed by atoms with Gasteiger partial charge in [0.05, 0.1) is 17.7 Å². The Labute approximate surface area is 180 Å². The summed E-state index contributed by atoms with van der Waals surface area (Å²) in [6.07, 6.45) is 2.75. The average Bonchev–Trinajstić information content (AvgIpc) is 3.13. The number of thioether (sulfide) groups is 1. The number of hydrogen-bond donors (Lipinski definition) is 1. The molecule has 2 heterocycles. The van der Waals surface area contributed by atoms with Crippen molar-refractivity contribution in [3.8, 4) is 0 Å². The first-order valence-electron chi connectivity index (χ1n) is 10.2. The molecule has 0 amide bonds. The van der Waals surface area contributed by atoms with Gasteiger partial charge in [-0.3, -0.25) is 4.79 Å². The van der Waals surface area contributed by atoms with Crippen LogP contribution in [-0.2, 0) is 11.3 Å². The highest BCUT2D eigenvalue weighted by atomic mass is 32.2. The molecule has 0 saturated heterocycles. The van der Waals surface area contributed by atoms with Crippen LogP contribution in [0.25, 0.3) is 0 Å². The highest BCUT2D eigenvalue weighted by Gasteiger charge is 2.38. The number of anilines is 1. The van der Waals surface area contributed by atoms with E-state index in [9.17, 15) is 4.79 Å². The van der Waals surface area contributed by atoms with Crippen molar-refractivity contribution in [1.29, 1.82) is 0 Å². The van der Waals surface area contributed by atoms with Gasteiger partial charge in [0.25, 0.3) is 0 Å². The summed E-state index contributed by atoms with van der Waals surface area (Å²) in [6.45, 7) is 4.75. The van der Waals surface area contributed by atoms with Crippen LogP contribution in [0, 0.1) is 11.3 Å². The lowest BCUT2D eigenvalue weighted by molar-refractivity contribution is -0.124. The maximum Gasteiger partial charge on any atom is 0.226 e. The van der Waals surface area contributed by atoms with Gasteiger partial charge in [-0.05, 0) is 16.5 Å². The van der Waals surface area contributed by atoms with Gasteiger partial charge >= 0.3 is 0 Å². The van der Waals surface area contributed by atoms with Gasteiger partial charge in [0, 0.05) is 12.1 Å². The second kappa shape index (κ2) is 7.43. The number of benzene rings is 2. The van der Waals surface area contributed by atoms with Crippen LogP contribution >= 0.6 is 11.8 Å². The van der Waals surface area contributed by atoms with Crippen LogP contribution in [0.5, 0.6) is 0 Å². The van der Waals surface area contributed by atoms with Crippen molar-refractivity contribution < 1.29 is 4.79 Å². The summed E-state index contributed by atoms with van der Waals surface area (Å²) in [6, 6.07) is 20.8. The quantitative estimate of drug-likeness (QED) is 0.601. The largest absolute Gasteiger partial charge is 0.328 e. The molecule has 5 rings (SSSR count). The number of nitrogens with one attached hydrogen (secondary N) is 1. The highest BCUT2D eigenvalue weighted by Crippen LogP contribution is 2.41. The number of aromatic nitrogens is 3. The molecule has 152 valence electrons. The molecule has 2 aromatic carbocycles. The zero-order valence-electron chi connectivity index (χ0n) is 17.1. The summed E-state index contributed by atoms with van der Waals surface area (Å²) >= 11 is 1.63. The van der Waals surface area contributed by atoms with Crippen LogP contribution in [0.3, 0.4) is 0 Å². The van der Waals surface area contributed by atoms with Gasteiger partial charge < -0.3 is 5.32 Å². The third-order valence-corrected chi connectivity index (χ3v) is 6.80. The molecule has 1 aliphatic carbocycles. The highest BCUT2D eigenvalue weighted by molar-refractivity contribution is 7.99. The van der Waals surface area contributed by atoms with Gasteiger partial charge in [0.2, 0.25) is 11.1 Å². The fraction of sp³-hybridized carbons (Fsp3) is 0.292.